The van der Waals surface area contributed by atoms with Crippen LogP contribution in [-0.2, 0) is 25.7 Å². The normalized spacial score (nSPS) is 25.1. The van der Waals surface area contributed by atoms with Gasteiger partial charge in [0.2, 0.25) is 5.91 Å². The third-order valence-corrected chi connectivity index (χ3v) is 8.85. The monoisotopic (exact) mass is 481 g/mol. The first kappa shape index (κ1) is 22.5. The number of hydrogen-bond acceptors (Lipinski definition) is 10. The van der Waals surface area contributed by atoms with Gasteiger partial charge in [-0.3, -0.25) is 14.7 Å². The van der Waals surface area contributed by atoms with Crippen molar-refractivity contribution in [2.75, 3.05) is 32.3 Å². The van der Waals surface area contributed by atoms with Gasteiger partial charge in [0.15, 0.2) is 0 Å². The molecular weight excluding hydrogens is 458 g/mol. The fourth-order valence-electron chi connectivity index (χ4n) is 3.31. The highest BCUT2D eigenvalue weighted by atomic mass is 32.2. The van der Waals surface area contributed by atoms with Crippen molar-refractivity contribution in [3.63, 3.8) is 0 Å². The minimum atomic E-state index is -0.583. The van der Waals surface area contributed by atoms with Crippen LogP contribution in [0.3, 0.4) is 0 Å². The second-order valence-electron chi connectivity index (χ2n) is 6.99. The number of ether oxygens (including phenoxy) is 3. The van der Waals surface area contributed by atoms with E-state index in [0.717, 1.165) is 21.3 Å². The first-order valence-electron chi connectivity index (χ1n) is 9.61. The molecule has 11 heteroatoms. The van der Waals surface area contributed by atoms with E-state index in [1.807, 2.05) is 24.3 Å². The van der Waals surface area contributed by atoms with Gasteiger partial charge in [0.1, 0.15) is 39.3 Å². The lowest BCUT2D eigenvalue weighted by atomic mass is 10.0. The van der Waals surface area contributed by atoms with E-state index in [1.165, 1.54) is 4.90 Å². The molecule has 31 heavy (non-hydrogen) atoms. The van der Waals surface area contributed by atoms with E-state index in [0.29, 0.717) is 23.7 Å². The molecule has 1 unspecified atom stereocenters. The molecule has 0 spiro atoms. The van der Waals surface area contributed by atoms with E-state index in [-0.39, 0.29) is 23.3 Å². The summed E-state index contributed by atoms with van der Waals surface area (Å²) in [5.41, 5.74) is 7.99. The Morgan fingerprint density at radius 3 is 2.77 bits per heavy atom. The van der Waals surface area contributed by atoms with E-state index in [9.17, 15) is 9.59 Å². The quantitative estimate of drug-likeness (QED) is 0.463. The lowest BCUT2D eigenvalue weighted by molar-refractivity contribution is -0.151. The topological polar surface area (TPSA) is 103 Å². The zero-order chi connectivity index (χ0) is 22.0. The minimum Gasteiger partial charge on any atom is -0.497 e. The van der Waals surface area contributed by atoms with Gasteiger partial charge in [-0.05, 0) is 23.3 Å². The number of aliphatic imine (C=N–C) groups is 1. The number of carbonyl (C=O) groups is 2. The van der Waals surface area contributed by atoms with Crippen LogP contribution in [0.4, 0.5) is 0 Å². The van der Waals surface area contributed by atoms with Crippen LogP contribution in [-0.4, -0.2) is 70.3 Å². The van der Waals surface area contributed by atoms with E-state index < -0.39 is 12.0 Å². The lowest BCUT2D eigenvalue weighted by Gasteiger charge is -2.48. The highest BCUT2D eigenvalue weighted by Crippen LogP contribution is 2.41. The van der Waals surface area contributed by atoms with Gasteiger partial charge in [0.05, 0.1) is 13.7 Å². The fourth-order valence-corrected chi connectivity index (χ4v) is 6.82. The number of nitrogens with two attached hydrogens (primary N) is 1. The number of fused-ring (bicyclic) bond motifs is 1. The van der Waals surface area contributed by atoms with Crippen LogP contribution in [0.25, 0.3) is 0 Å². The van der Waals surface area contributed by atoms with Gasteiger partial charge in [0.25, 0.3) is 0 Å². The van der Waals surface area contributed by atoms with Crippen LogP contribution in [0.1, 0.15) is 5.56 Å². The molecule has 1 aromatic rings. The first-order valence-corrected chi connectivity index (χ1v) is 12.5. The van der Waals surface area contributed by atoms with Crippen LogP contribution < -0.4 is 10.5 Å². The fraction of sp³-hybridized carbons (Fsp3) is 0.450. The molecule has 166 valence electrons. The molecule has 3 heterocycles. The van der Waals surface area contributed by atoms with Gasteiger partial charge >= 0.3 is 5.97 Å². The zero-order valence-corrected chi connectivity index (χ0v) is 19.6. The summed E-state index contributed by atoms with van der Waals surface area (Å²) in [6, 6.07) is 6.71. The third kappa shape index (κ3) is 4.75. The van der Waals surface area contributed by atoms with Crippen LogP contribution in [0.5, 0.6) is 5.75 Å². The Labute approximate surface area is 193 Å². The Hall–Kier alpha value is -1.66. The van der Waals surface area contributed by atoms with Crippen LogP contribution in [0.2, 0.25) is 0 Å². The molecule has 3 atom stereocenters. The number of rotatable bonds is 7. The number of amides is 1. The number of nitrogens with zero attached hydrogens (tertiary/aromatic N) is 2. The summed E-state index contributed by atoms with van der Waals surface area (Å²) < 4.78 is 17.0. The summed E-state index contributed by atoms with van der Waals surface area (Å²) in [5.74, 6) is 1.14. The van der Waals surface area contributed by atoms with Gasteiger partial charge in [-0.2, -0.15) is 0 Å². The summed E-state index contributed by atoms with van der Waals surface area (Å²) in [4.78, 5) is 31.4. The van der Waals surface area contributed by atoms with Crippen molar-refractivity contribution < 1.29 is 23.8 Å². The summed E-state index contributed by atoms with van der Waals surface area (Å²) in [6.07, 6.45) is 0. The Morgan fingerprint density at radius 1 is 1.32 bits per heavy atom. The van der Waals surface area contributed by atoms with Crippen molar-refractivity contribution in [2.24, 2.45) is 10.7 Å². The molecule has 0 bridgehead atoms. The molecule has 1 aromatic carbocycles. The number of methoxy groups -OCH3 is 2. The van der Waals surface area contributed by atoms with E-state index >= 15 is 0 Å². The first-order chi connectivity index (χ1) is 15.0. The number of hydrogen-bond donors (Lipinski definition) is 1. The Bertz CT molecular complexity index is 921. The number of β-lactam (4-membered cyclic amide) rings is 1. The van der Waals surface area contributed by atoms with Crippen molar-refractivity contribution in [2.45, 2.75) is 23.5 Å². The lowest BCUT2D eigenvalue weighted by Crippen LogP contribution is -2.68. The maximum Gasteiger partial charge on any atom is 0.355 e. The molecule has 1 fully saturated rings. The Kier molecular flexibility index (Phi) is 7.17. The third-order valence-electron chi connectivity index (χ3n) is 5.05. The molecule has 3 aliphatic heterocycles. The smallest absolute Gasteiger partial charge is 0.355 e. The van der Waals surface area contributed by atoms with Crippen molar-refractivity contribution in [1.29, 1.82) is 0 Å². The van der Waals surface area contributed by atoms with Gasteiger partial charge in [0, 0.05) is 18.6 Å². The Morgan fingerprint density at radius 2 is 2.10 bits per heavy atom. The zero-order valence-electron chi connectivity index (χ0n) is 17.1. The van der Waals surface area contributed by atoms with E-state index in [4.69, 9.17) is 19.9 Å². The van der Waals surface area contributed by atoms with Crippen LogP contribution >= 0.6 is 35.3 Å². The summed E-state index contributed by atoms with van der Waals surface area (Å²) >= 11 is 4.70. The molecule has 2 N–H and O–H groups in total. The van der Waals surface area contributed by atoms with Crippen molar-refractivity contribution in [3.05, 3.63) is 41.1 Å². The molecule has 3 aliphatic rings. The van der Waals surface area contributed by atoms with E-state index in [1.54, 1.807) is 49.5 Å². The number of thioether (sulfide) groups is 3. The summed E-state index contributed by atoms with van der Waals surface area (Å²) in [7, 11) is 3.26. The SMILES string of the molecule is COc1ccc(COC(=O)C2=C(CSC3=NCC(OC)S3)CS[C@@H]3[C@H](N)C(=O)N23)cc1. The largest absolute Gasteiger partial charge is 0.497 e. The van der Waals surface area contributed by atoms with Crippen molar-refractivity contribution >= 4 is 51.5 Å². The van der Waals surface area contributed by atoms with Gasteiger partial charge < -0.3 is 19.9 Å². The van der Waals surface area contributed by atoms with E-state index in [2.05, 4.69) is 4.99 Å². The second kappa shape index (κ2) is 9.86. The average molecular weight is 482 g/mol. The molecule has 4 rings (SSSR count). The molecule has 0 aliphatic carbocycles. The summed E-state index contributed by atoms with van der Waals surface area (Å²) in [5, 5.41) is -0.221. The molecular formula is C20H23N3O5S3. The maximum atomic E-state index is 13.0. The Balaban J connectivity index is 1.47. The highest BCUT2D eigenvalue weighted by molar-refractivity contribution is 8.39. The number of carbonyl (C=O) groups excluding carboxylic acids is 2. The molecule has 0 radical (unpaired) electrons. The molecule has 0 aromatic heterocycles. The van der Waals surface area contributed by atoms with Crippen molar-refractivity contribution in [1.82, 2.24) is 4.90 Å². The van der Waals surface area contributed by atoms with Crippen molar-refractivity contribution in [3.8, 4) is 5.75 Å². The maximum absolute atomic E-state index is 13.0. The second-order valence-corrected chi connectivity index (χ2v) is 10.5. The molecule has 0 saturated carbocycles. The standard InChI is InChI=1S/C20H23N3O5S3/c1-26-13-5-3-11(4-6-13)8-28-19(25)16-12(9-29-18-15(21)17(24)23(16)18)10-30-20-22-7-14(27-2)31-20/h3-6,14-15,18H,7-10,21H2,1-2H3/t14?,15-,18-/m1/s1. The molecule has 1 amide bonds. The molecule has 1 saturated heterocycles. The van der Waals surface area contributed by atoms with Crippen LogP contribution in [0, 0.1) is 0 Å². The molecule has 8 nitrogen and oxygen atoms in total. The van der Waals surface area contributed by atoms with Gasteiger partial charge in [-0.1, -0.05) is 35.7 Å². The number of esters is 1. The average Bonchev–Trinajstić information content (AvgIpc) is 3.28. The minimum absolute atomic E-state index is 0.0329. The summed E-state index contributed by atoms with van der Waals surface area (Å²) in [6.45, 7) is 0.728. The van der Waals surface area contributed by atoms with Crippen LogP contribution in [0.15, 0.2) is 40.5 Å². The predicted molar refractivity (Wildman–Crippen MR) is 124 cm³/mol. The highest BCUT2D eigenvalue weighted by Gasteiger charge is 2.52. The van der Waals surface area contributed by atoms with Gasteiger partial charge in [-0.15, -0.1) is 11.8 Å². The van der Waals surface area contributed by atoms with Gasteiger partial charge in [-0.25, -0.2) is 4.79 Å². The number of benzene rings is 1. The predicted octanol–water partition coefficient (Wildman–Crippen LogP) is 2.04.